The van der Waals surface area contributed by atoms with Crippen molar-refractivity contribution in [3.8, 4) is 0 Å². The first-order valence-electron chi connectivity index (χ1n) is 6.45. The molecule has 100 valence electrons. The largest absolute Gasteiger partial charge is 1.00 e. The van der Waals surface area contributed by atoms with Crippen LogP contribution < -0.4 is 56.5 Å². The first-order valence-corrected chi connectivity index (χ1v) is 6.45. The van der Waals surface area contributed by atoms with Crippen molar-refractivity contribution in [3.63, 3.8) is 0 Å². The van der Waals surface area contributed by atoms with Crippen LogP contribution in [0.4, 0.5) is 0 Å². The Labute approximate surface area is 152 Å². The monoisotopic (exact) mass is 282 g/mol. The average molecular weight is 282 g/mol. The fourth-order valence-electron chi connectivity index (χ4n) is 2.44. The van der Waals surface area contributed by atoms with Gasteiger partial charge in [0.15, 0.2) is 5.79 Å². The summed E-state index contributed by atoms with van der Waals surface area (Å²) in [5.41, 5.74) is -0.595. The van der Waals surface area contributed by atoms with Crippen LogP contribution in [-0.2, 0) is 14.2 Å². The third-order valence-corrected chi connectivity index (χ3v) is 3.15. The first-order chi connectivity index (χ1) is 7.83. The second-order valence-corrected chi connectivity index (χ2v) is 6.22. The van der Waals surface area contributed by atoms with Crippen molar-refractivity contribution in [2.24, 2.45) is 0 Å². The molecule has 0 aromatic rings. The van der Waals surface area contributed by atoms with Crippen LogP contribution in [0.15, 0.2) is 0 Å². The quantitative estimate of drug-likeness (QED) is 0.389. The van der Waals surface area contributed by atoms with Crippen molar-refractivity contribution >= 4 is 0 Å². The van der Waals surface area contributed by atoms with Crippen LogP contribution in [-0.4, -0.2) is 36.8 Å². The molecular formula is C13H23KO4. The molecule has 4 nitrogen and oxygen atoms in total. The van der Waals surface area contributed by atoms with E-state index in [1.807, 2.05) is 0 Å². The van der Waals surface area contributed by atoms with Gasteiger partial charge in [-0.2, -0.15) is 0 Å². The van der Waals surface area contributed by atoms with Gasteiger partial charge in [-0.1, -0.05) is 20.8 Å². The number of hydrogen-bond acceptors (Lipinski definition) is 4. The average Bonchev–Trinajstić information content (AvgIpc) is 2.74. The van der Waals surface area contributed by atoms with Gasteiger partial charge in [-0.15, -0.1) is 5.60 Å². The Morgan fingerprint density at radius 1 is 1.00 bits per heavy atom. The molecule has 2 spiro atoms. The van der Waals surface area contributed by atoms with E-state index in [-0.39, 0.29) is 62.8 Å². The van der Waals surface area contributed by atoms with E-state index in [0.29, 0.717) is 0 Å². The van der Waals surface area contributed by atoms with Crippen molar-refractivity contribution < 1.29 is 70.7 Å². The molecule has 2 saturated heterocycles. The van der Waals surface area contributed by atoms with Crippen LogP contribution in [0, 0.1) is 0 Å². The second-order valence-electron chi connectivity index (χ2n) is 6.22. The molecule has 3 rings (SSSR count). The summed E-state index contributed by atoms with van der Waals surface area (Å²) in [5, 5.41) is 10.1. The van der Waals surface area contributed by atoms with E-state index in [2.05, 4.69) is 0 Å². The Kier molecular flexibility index (Phi) is 6.32. The van der Waals surface area contributed by atoms with Crippen molar-refractivity contribution in [1.29, 1.82) is 0 Å². The van der Waals surface area contributed by atoms with E-state index < -0.39 is 5.60 Å². The Morgan fingerprint density at radius 2 is 1.50 bits per heavy atom. The van der Waals surface area contributed by atoms with Crippen LogP contribution >= 0.6 is 0 Å². The minimum absolute atomic E-state index is 0. The number of hydrogen-bond donors (Lipinski definition) is 0. The zero-order chi connectivity index (χ0) is 12.6. The van der Waals surface area contributed by atoms with E-state index in [1.165, 1.54) is 12.8 Å². The fraction of sp³-hybridized carbons (Fsp3) is 1.00. The summed E-state index contributed by atoms with van der Waals surface area (Å²) in [4.78, 5) is 0. The molecule has 1 atom stereocenters. The first kappa shape index (κ1) is 17.5. The van der Waals surface area contributed by atoms with Crippen LogP contribution in [0.3, 0.4) is 0 Å². The van der Waals surface area contributed by atoms with E-state index in [1.54, 1.807) is 20.8 Å². The van der Waals surface area contributed by atoms with Crippen molar-refractivity contribution in [3.05, 3.63) is 0 Å². The molecule has 0 bridgehead atoms. The third-order valence-electron chi connectivity index (χ3n) is 3.15. The number of epoxide rings is 1. The molecule has 1 saturated carbocycles. The van der Waals surface area contributed by atoms with E-state index in [9.17, 15) is 5.11 Å². The van der Waals surface area contributed by atoms with Crippen molar-refractivity contribution in [2.75, 3.05) is 19.8 Å². The van der Waals surface area contributed by atoms with Gasteiger partial charge < -0.3 is 19.3 Å². The number of rotatable bonds is 0. The Balaban J connectivity index is 0.000000238. The Bertz CT molecular complexity index is 259. The summed E-state index contributed by atoms with van der Waals surface area (Å²) in [6.45, 7) is 7.33. The van der Waals surface area contributed by atoms with Crippen molar-refractivity contribution in [1.82, 2.24) is 0 Å². The van der Waals surface area contributed by atoms with Gasteiger partial charge in [0.05, 0.1) is 25.4 Å². The molecule has 0 unspecified atom stereocenters. The Morgan fingerprint density at radius 3 is 1.94 bits per heavy atom. The van der Waals surface area contributed by atoms with Gasteiger partial charge >= 0.3 is 51.4 Å². The molecule has 0 amide bonds. The molecule has 5 heteroatoms. The molecule has 1 aliphatic carbocycles. The topological polar surface area (TPSA) is 54.0 Å². The predicted molar refractivity (Wildman–Crippen MR) is 61.5 cm³/mol. The minimum Gasteiger partial charge on any atom is -0.850 e. The second kappa shape index (κ2) is 6.49. The maximum atomic E-state index is 10.1. The van der Waals surface area contributed by atoms with Gasteiger partial charge in [0.1, 0.15) is 0 Å². The zero-order valence-electron chi connectivity index (χ0n) is 12.1. The molecule has 3 aliphatic rings. The molecular weight excluding hydrogens is 259 g/mol. The molecule has 0 aromatic carbocycles. The minimum atomic E-state index is -0.750. The van der Waals surface area contributed by atoms with Gasteiger partial charge in [-0.25, -0.2) is 0 Å². The smallest absolute Gasteiger partial charge is 0.850 e. The maximum absolute atomic E-state index is 10.1. The zero-order valence-corrected chi connectivity index (χ0v) is 15.2. The summed E-state index contributed by atoms with van der Waals surface area (Å²) in [7, 11) is 0. The van der Waals surface area contributed by atoms with E-state index >= 15 is 0 Å². The molecule has 18 heavy (non-hydrogen) atoms. The molecule has 0 N–H and O–H groups in total. The van der Waals surface area contributed by atoms with Crippen molar-refractivity contribution in [2.45, 2.75) is 63.4 Å². The van der Waals surface area contributed by atoms with Gasteiger partial charge in [0, 0.05) is 12.8 Å². The van der Waals surface area contributed by atoms with Crippen LogP contribution in [0.1, 0.15) is 46.5 Å². The van der Waals surface area contributed by atoms with Gasteiger partial charge in [0.2, 0.25) is 0 Å². The normalized spacial score (nSPS) is 32.7. The molecule has 2 heterocycles. The molecule has 2 aliphatic heterocycles. The maximum Gasteiger partial charge on any atom is 1.00 e. The summed E-state index contributed by atoms with van der Waals surface area (Å²) >= 11 is 0. The van der Waals surface area contributed by atoms with E-state index in [4.69, 9.17) is 14.2 Å². The Hall–Kier alpha value is 1.48. The fourth-order valence-corrected chi connectivity index (χ4v) is 2.44. The summed E-state index contributed by atoms with van der Waals surface area (Å²) in [6, 6.07) is 0. The molecule has 0 radical (unpaired) electrons. The number of ether oxygens (including phenoxy) is 3. The molecule has 3 fully saturated rings. The molecule has 0 aromatic heterocycles. The third kappa shape index (κ3) is 5.46. The summed E-state index contributed by atoms with van der Waals surface area (Å²) in [5.74, 6) is -0.255. The summed E-state index contributed by atoms with van der Waals surface area (Å²) < 4.78 is 16.8. The van der Waals surface area contributed by atoms with Gasteiger partial charge in [-0.05, 0) is 12.8 Å². The predicted octanol–water partition coefficient (Wildman–Crippen LogP) is -1.78. The van der Waals surface area contributed by atoms with Crippen LogP contribution in [0.2, 0.25) is 0 Å². The SMILES string of the molecule is C1CC2(C[C@]3(C1)CO3)OCCO2.CC(C)(C)[O-].[K+]. The standard InChI is InChI=1S/C9H14O3.C4H9O.K/c1-2-8(7-12-8)6-9(3-1)10-4-5-11-9;1-4(2,3)5;/h1-7H2;1-3H3;/q;-1;+1/t8-;;/m1../s1. The van der Waals surface area contributed by atoms with Crippen LogP contribution in [0.5, 0.6) is 0 Å². The van der Waals surface area contributed by atoms with Gasteiger partial charge in [-0.3, -0.25) is 0 Å². The van der Waals surface area contributed by atoms with Crippen LogP contribution in [0.25, 0.3) is 0 Å². The summed E-state index contributed by atoms with van der Waals surface area (Å²) in [6.07, 6.45) is 4.39. The van der Waals surface area contributed by atoms with Gasteiger partial charge in [0.25, 0.3) is 0 Å². The van der Waals surface area contributed by atoms with E-state index in [0.717, 1.165) is 32.7 Å².